The van der Waals surface area contributed by atoms with Gasteiger partial charge in [-0.05, 0) is 32.1 Å². The van der Waals surface area contributed by atoms with Crippen molar-refractivity contribution < 1.29 is 4.79 Å². The summed E-state index contributed by atoms with van der Waals surface area (Å²) < 4.78 is 3.31. The Hall–Kier alpha value is -1.88. The summed E-state index contributed by atoms with van der Waals surface area (Å²) in [5, 5.41) is 8.79. The lowest BCUT2D eigenvalue weighted by Gasteiger charge is -2.00. The summed E-state index contributed by atoms with van der Waals surface area (Å²) in [4.78, 5) is 12.1. The van der Waals surface area contributed by atoms with Gasteiger partial charge in [-0.25, -0.2) is 0 Å². The van der Waals surface area contributed by atoms with Crippen LogP contribution in [0.15, 0.2) is 18.3 Å². The molecule has 5 nitrogen and oxygen atoms in total. The van der Waals surface area contributed by atoms with E-state index in [0.29, 0.717) is 17.3 Å². The number of hydrogen-bond donors (Lipinski definition) is 0. The molecule has 0 radical (unpaired) electrons. The lowest BCUT2D eigenvalue weighted by Crippen LogP contribution is -2.04. The maximum atomic E-state index is 12.1. The van der Waals surface area contributed by atoms with E-state index in [1.165, 1.54) is 6.08 Å². The van der Waals surface area contributed by atoms with Crippen molar-refractivity contribution in [2.45, 2.75) is 20.4 Å². The summed E-state index contributed by atoms with van der Waals surface area (Å²) >= 11 is 6.03. The van der Waals surface area contributed by atoms with Crippen molar-refractivity contribution in [2.24, 2.45) is 7.05 Å². The number of carbonyl (C=O) groups excluding carboxylic acids is 1. The molecule has 100 valence electrons. The largest absolute Gasteiger partial charge is 0.288 e. The molecule has 0 aliphatic rings. The number of hydrogen-bond acceptors (Lipinski definition) is 3. The van der Waals surface area contributed by atoms with Gasteiger partial charge in [-0.3, -0.25) is 14.2 Å². The lowest BCUT2D eigenvalue weighted by atomic mass is 10.2. The molecule has 0 aliphatic carbocycles. The maximum absolute atomic E-state index is 12.1. The average molecular weight is 279 g/mol. The predicted octanol–water partition coefficient (Wildman–Crippen LogP) is 2.49. The molecule has 0 saturated heterocycles. The second-order valence-electron chi connectivity index (χ2n) is 4.19. The lowest BCUT2D eigenvalue weighted by molar-refractivity contribution is 0.103. The number of aromatic nitrogens is 4. The molecule has 0 atom stereocenters. The molecule has 0 aromatic carbocycles. The zero-order chi connectivity index (χ0) is 14.0. The van der Waals surface area contributed by atoms with E-state index >= 15 is 0 Å². The third kappa shape index (κ3) is 2.76. The second kappa shape index (κ2) is 5.40. The van der Waals surface area contributed by atoms with Crippen LogP contribution >= 0.6 is 11.6 Å². The summed E-state index contributed by atoms with van der Waals surface area (Å²) in [6, 6.07) is 1.76. The van der Waals surface area contributed by atoms with Crippen molar-refractivity contribution in [3.8, 4) is 0 Å². The van der Waals surface area contributed by atoms with E-state index in [0.717, 1.165) is 11.4 Å². The van der Waals surface area contributed by atoms with Crippen LogP contribution in [0, 0.1) is 6.92 Å². The molecule has 0 spiro atoms. The van der Waals surface area contributed by atoms with Crippen LogP contribution in [0.5, 0.6) is 0 Å². The highest BCUT2D eigenvalue weighted by Gasteiger charge is 2.10. The number of allylic oxidation sites excluding steroid dienone is 1. The van der Waals surface area contributed by atoms with E-state index < -0.39 is 0 Å². The SMILES string of the molecule is CCn1ncc(Cl)c1/C=C/C(=O)c1cc(C)nn1C. The fourth-order valence-electron chi connectivity index (χ4n) is 1.87. The Morgan fingerprint density at radius 2 is 2.26 bits per heavy atom. The second-order valence-corrected chi connectivity index (χ2v) is 4.59. The van der Waals surface area contributed by atoms with Gasteiger partial charge in [0.15, 0.2) is 0 Å². The van der Waals surface area contributed by atoms with Crippen LogP contribution in [-0.4, -0.2) is 25.3 Å². The van der Waals surface area contributed by atoms with E-state index in [4.69, 9.17) is 11.6 Å². The van der Waals surface area contributed by atoms with Gasteiger partial charge in [-0.2, -0.15) is 10.2 Å². The van der Waals surface area contributed by atoms with Gasteiger partial charge in [0.2, 0.25) is 5.78 Å². The average Bonchev–Trinajstić information content (AvgIpc) is 2.89. The number of rotatable bonds is 4. The first-order valence-electron chi connectivity index (χ1n) is 5.97. The van der Waals surface area contributed by atoms with E-state index in [1.54, 1.807) is 34.8 Å². The Morgan fingerprint density at radius 3 is 2.84 bits per heavy atom. The molecule has 2 heterocycles. The van der Waals surface area contributed by atoms with Crippen molar-refractivity contribution in [3.05, 3.63) is 40.4 Å². The fourth-order valence-corrected chi connectivity index (χ4v) is 2.08. The van der Waals surface area contributed by atoms with Crippen molar-refractivity contribution >= 4 is 23.5 Å². The van der Waals surface area contributed by atoms with Gasteiger partial charge in [-0.15, -0.1) is 0 Å². The van der Waals surface area contributed by atoms with Gasteiger partial charge in [-0.1, -0.05) is 11.6 Å². The van der Waals surface area contributed by atoms with Crippen LogP contribution < -0.4 is 0 Å². The van der Waals surface area contributed by atoms with Crippen LogP contribution in [0.3, 0.4) is 0 Å². The zero-order valence-corrected chi connectivity index (χ0v) is 11.8. The smallest absolute Gasteiger partial charge is 0.203 e. The molecule has 2 rings (SSSR count). The van der Waals surface area contributed by atoms with E-state index in [-0.39, 0.29) is 5.78 Å². The number of ketones is 1. The van der Waals surface area contributed by atoms with Crippen LogP contribution in [0.25, 0.3) is 6.08 Å². The number of aryl methyl sites for hydroxylation is 3. The minimum atomic E-state index is -0.108. The number of nitrogens with zero attached hydrogens (tertiary/aromatic N) is 4. The standard InChI is InChI=1S/C13H15ClN4O/c1-4-18-11(10(14)8-15-18)5-6-13(19)12-7-9(2)16-17(12)3/h5-8H,4H2,1-3H3/b6-5+. The molecule has 2 aromatic heterocycles. The minimum absolute atomic E-state index is 0.108. The summed E-state index contributed by atoms with van der Waals surface area (Å²) in [6.07, 6.45) is 4.75. The Morgan fingerprint density at radius 1 is 1.53 bits per heavy atom. The first kappa shape index (κ1) is 13.5. The molecule has 0 saturated carbocycles. The third-order valence-corrected chi connectivity index (χ3v) is 3.07. The third-order valence-electron chi connectivity index (χ3n) is 2.78. The molecule has 0 N–H and O–H groups in total. The molecular formula is C13H15ClN4O. The molecule has 0 amide bonds. The van der Waals surface area contributed by atoms with E-state index in [2.05, 4.69) is 10.2 Å². The summed E-state index contributed by atoms with van der Waals surface area (Å²) in [5.41, 5.74) is 2.10. The predicted molar refractivity (Wildman–Crippen MR) is 74.2 cm³/mol. The zero-order valence-electron chi connectivity index (χ0n) is 11.1. The van der Waals surface area contributed by atoms with Crippen molar-refractivity contribution in [1.82, 2.24) is 19.6 Å². The van der Waals surface area contributed by atoms with Gasteiger partial charge in [0.1, 0.15) is 5.69 Å². The number of halogens is 1. The topological polar surface area (TPSA) is 52.7 Å². The molecular weight excluding hydrogens is 264 g/mol. The van der Waals surface area contributed by atoms with Crippen LogP contribution in [-0.2, 0) is 13.6 Å². The first-order valence-corrected chi connectivity index (χ1v) is 6.35. The van der Waals surface area contributed by atoms with E-state index in [1.807, 2.05) is 13.8 Å². The maximum Gasteiger partial charge on any atom is 0.203 e. The Balaban J connectivity index is 2.25. The normalized spacial score (nSPS) is 11.4. The first-order chi connectivity index (χ1) is 9.02. The highest BCUT2D eigenvalue weighted by atomic mass is 35.5. The van der Waals surface area contributed by atoms with Crippen LogP contribution in [0.1, 0.15) is 28.8 Å². The van der Waals surface area contributed by atoms with Gasteiger partial charge in [0.25, 0.3) is 0 Å². The summed E-state index contributed by atoms with van der Waals surface area (Å²) in [6.45, 7) is 4.52. The minimum Gasteiger partial charge on any atom is -0.288 e. The Bertz CT molecular complexity index is 639. The molecule has 0 fully saturated rings. The quantitative estimate of drug-likeness (QED) is 0.638. The van der Waals surface area contributed by atoms with Crippen molar-refractivity contribution in [3.63, 3.8) is 0 Å². The molecule has 0 unspecified atom stereocenters. The molecule has 2 aromatic rings. The highest BCUT2D eigenvalue weighted by molar-refractivity contribution is 6.31. The van der Waals surface area contributed by atoms with Crippen LogP contribution in [0.2, 0.25) is 5.02 Å². The monoisotopic (exact) mass is 278 g/mol. The molecule has 0 aliphatic heterocycles. The van der Waals surface area contributed by atoms with Crippen LogP contribution in [0.4, 0.5) is 0 Å². The van der Waals surface area contributed by atoms with Gasteiger partial charge in [0, 0.05) is 13.6 Å². The van der Waals surface area contributed by atoms with E-state index in [9.17, 15) is 4.79 Å². The highest BCUT2D eigenvalue weighted by Crippen LogP contribution is 2.17. The van der Waals surface area contributed by atoms with Gasteiger partial charge >= 0.3 is 0 Å². The fraction of sp³-hybridized carbons (Fsp3) is 0.308. The summed E-state index contributed by atoms with van der Waals surface area (Å²) in [7, 11) is 1.75. The number of carbonyl (C=O) groups is 1. The Kier molecular flexibility index (Phi) is 3.85. The van der Waals surface area contributed by atoms with Gasteiger partial charge in [0.05, 0.1) is 22.6 Å². The molecule has 6 heteroatoms. The molecule has 0 bridgehead atoms. The van der Waals surface area contributed by atoms with Crippen molar-refractivity contribution in [2.75, 3.05) is 0 Å². The Labute approximate surface area is 116 Å². The molecule has 19 heavy (non-hydrogen) atoms. The summed E-state index contributed by atoms with van der Waals surface area (Å²) in [5.74, 6) is -0.108. The van der Waals surface area contributed by atoms with Gasteiger partial charge < -0.3 is 0 Å². The van der Waals surface area contributed by atoms with Crippen molar-refractivity contribution in [1.29, 1.82) is 0 Å².